The monoisotopic (exact) mass is 373 g/mol. The van der Waals surface area contributed by atoms with Gasteiger partial charge >= 0.3 is 0 Å². The van der Waals surface area contributed by atoms with E-state index in [2.05, 4.69) is 32.7 Å². The lowest BCUT2D eigenvalue weighted by atomic mass is 9.75. The van der Waals surface area contributed by atoms with Crippen molar-refractivity contribution in [2.75, 3.05) is 7.11 Å². The average molecular weight is 373 g/mol. The molecule has 2 nitrogen and oxygen atoms in total. The second-order valence-electron chi connectivity index (χ2n) is 8.77. The number of halogens is 2. The van der Waals surface area contributed by atoms with Gasteiger partial charge in [0.25, 0.3) is 0 Å². The Balaban J connectivity index is 2.22. The molecule has 0 radical (unpaired) electrons. The number of benzene rings is 1. The summed E-state index contributed by atoms with van der Waals surface area (Å²) in [5.41, 5.74) is 2.84. The molecule has 2 aromatic rings. The first kappa shape index (κ1) is 19.8. The van der Waals surface area contributed by atoms with Gasteiger partial charge in [-0.25, -0.2) is 13.8 Å². The number of pyridine rings is 1. The second-order valence-corrected chi connectivity index (χ2v) is 8.77. The first-order chi connectivity index (χ1) is 12.7. The number of aromatic nitrogens is 1. The summed E-state index contributed by atoms with van der Waals surface area (Å²) in [6.45, 7) is 8.67. The number of ether oxygens (including phenoxy) is 1. The Morgan fingerprint density at radius 3 is 2.48 bits per heavy atom. The van der Waals surface area contributed by atoms with Crippen LogP contribution in [0.3, 0.4) is 0 Å². The molecule has 0 N–H and O–H groups in total. The third kappa shape index (κ3) is 3.99. The maximum absolute atomic E-state index is 14.9. The predicted octanol–water partition coefficient (Wildman–Crippen LogP) is 6.53. The van der Waals surface area contributed by atoms with E-state index in [0.717, 1.165) is 31.0 Å². The molecule has 0 amide bonds. The number of hydrogen-bond acceptors (Lipinski definition) is 2. The van der Waals surface area contributed by atoms with Crippen LogP contribution < -0.4 is 4.74 Å². The fourth-order valence-electron chi connectivity index (χ4n) is 4.40. The van der Waals surface area contributed by atoms with E-state index in [4.69, 9.17) is 4.74 Å². The van der Waals surface area contributed by atoms with Crippen LogP contribution >= 0.6 is 0 Å². The molecular formula is C23H29F2NO. The van der Waals surface area contributed by atoms with Crippen molar-refractivity contribution in [2.45, 2.75) is 59.3 Å². The maximum atomic E-state index is 14.9. The smallest absolute Gasteiger partial charge is 0.213 e. The Hall–Kier alpha value is -1.97. The van der Waals surface area contributed by atoms with Gasteiger partial charge in [-0.1, -0.05) is 40.2 Å². The van der Waals surface area contributed by atoms with Gasteiger partial charge in [-0.15, -0.1) is 0 Å². The topological polar surface area (TPSA) is 22.1 Å². The molecule has 0 aliphatic heterocycles. The van der Waals surface area contributed by atoms with Crippen LogP contribution in [0.25, 0.3) is 11.1 Å². The molecule has 1 atom stereocenters. The van der Waals surface area contributed by atoms with Gasteiger partial charge in [-0.3, -0.25) is 0 Å². The first-order valence-electron chi connectivity index (χ1n) is 9.75. The van der Waals surface area contributed by atoms with E-state index >= 15 is 0 Å². The molecule has 27 heavy (non-hydrogen) atoms. The lowest BCUT2D eigenvalue weighted by Crippen LogP contribution is -2.17. The molecule has 1 aromatic carbocycles. The summed E-state index contributed by atoms with van der Waals surface area (Å²) >= 11 is 0. The molecule has 1 heterocycles. The Labute approximate surface area is 161 Å². The normalized spacial score (nSPS) is 18.9. The van der Waals surface area contributed by atoms with E-state index in [1.54, 1.807) is 6.07 Å². The van der Waals surface area contributed by atoms with E-state index in [-0.39, 0.29) is 17.2 Å². The number of nitrogens with zero attached hydrogens (tertiary/aromatic N) is 1. The van der Waals surface area contributed by atoms with E-state index < -0.39 is 5.82 Å². The van der Waals surface area contributed by atoms with Crippen LogP contribution in [0.2, 0.25) is 0 Å². The molecule has 3 rings (SSSR count). The Morgan fingerprint density at radius 2 is 1.89 bits per heavy atom. The zero-order valence-corrected chi connectivity index (χ0v) is 16.9. The summed E-state index contributed by atoms with van der Waals surface area (Å²) in [6.07, 6.45) is 5.12. The van der Waals surface area contributed by atoms with Gasteiger partial charge in [-0.2, -0.15) is 0 Å². The Bertz CT molecular complexity index is 829. The predicted molar refractivity (Wildman–Crippen MR) is 105 cm³/mol. The molecule has 0 saturated heterocycles. The van der Waals surface area contributed by atoms with Crippen molar-refractivity contribution in [3.05, 3.63) is 47.2 Å². The van der Waals surface area contributed by atoms with Gasteiger partial charge in [0.05, 0.1) is 13.3 Å². The van der Waals surface area contributed by atoms with Crippen molar-refractivity contribution >= 4 is 0 Å². The van der Waals surface area contributed by atoms with Crippen LogP contribution in [0.4, 0.5) is 8.78 Å². The molecule has 1 saturated carbocycles. The molecule has 0 spiro atoms. The second kappa shape index (κ2) is 7.57. The van der Waals surface area contributed by atoms with Crippen molar-refractivity contribution in [3.63, 3.8) is 0 Å². The van der Waals surface area contributed by atoms with E-state index in [0.29, 0.717) is 34.9 Å². The fraction of sp³-hybridized carbons (Fsp3) is 0.522. The quantitative estimate of drug-likeness (QED) is 0.594. The number of rotatable bonds is 5. The zero-order valence-electron chi connectivity index (χ0n) is 16.9. The van der Waals surface area contributed by atoms with Crippen LogP contribution in [0.15, 0.2) is 24.4 Å². The highest BCUT2D eigenvalue weighted by molar-refractivity contribution is 5.70. The van der Waals surface area contributed by atoms with Gasteiger partial charge < -0.3 is 4.74 Å². The molecular weight excluding hydrogens is 344 g/mol. The van der Waals surface area contributed by atoms with Gasteiger partial charge in [-0.05, 0) is 59.3 Å². The van der Waals surface area contributed by atoms with Crippen LogP contribution in [-0.2, 0) is 6.42 Å². The van der Waals surface area contributed by atoms with Crippen LogP contribution in [-0.4, -0.2) is 12.1 Å². The highest BCUT2D eigenvalue weighted by Gasteiger charge is 2.37. The highest BCUT2D eigenvalue weighted by atomic mass is 19.1. The van der Waals surface area contributed by atoms with Crippen molar-refractivity contribution in [1.82, 2.24) is 4.98 Å². The van der Waals surface area contributed by atoms with Gasteiger partial charge in [0, 0.05) is 11.6 Å². The summed E-state index contributed by atoms with van der Waals surface area (Å²) < 4.78 is 34.7. The summed E-state index contributed by atoms with van der Waals surface area (Å²) in [7, 11) is 1.50. The molecule has 146 valence electrons. The zero-order chi connectivity index (χ0) is 19.8. The van der Waals surface area contributed by atoms with E-state index in [1.165, 1.54) is 13.2 Å². The molecule has 1 fully saturated rings. The third-order valence-electron chi connectivity index (χ3n) is 5.81. The van der Waals surface area contributed by atoms with Crippen molar-refractivity contribution < 1.29 is 13.5 Å². The van der Waals surface area contributed by atoms with Crippen molar-refractivity contribution in [3.8, 4) is 17.0 Å². The van der Waals surface area contributed by atoms with Crippen LogP contribution in [0, 0.1) is 23.0 Å². The molecule has 1 aliphatic carbocycles. The fourth-order valence-corrected chi connectivity index (χ4v) is 4.40. The molecule has 4 heteroatoms. The minimum absolute atomic E-state index is 0.106. The molecule has 0 unspecified atom stereocenters. The summed E-state index contributed by atoms with van der Waals surface area (Å²) in [5.74, 6) is 0.233. The molecule has 1 aliphatic rings. The summed E-state index contributed by atoms with van der Waals surface area (Å²) in [6, 6.07) is 5.06. The Kier molecular flexibility index (Phi) is 5.55. The lowest BCUT2D eigenvalue weighted by molar-refractivity contribution is 0.332. The number of hydrogen-bond donors (Lipinski definition) is 0. The standard InChI is InChI=1S/C23H29F2NO/c1-14(2)9-15-10-17(19-7-6-8-23(19,3)4)16(11-20(15)24)18-12-22(27-5)26-13-21(18)25/h10-14,19H,6-9H2,1-5H3/t19-/m0/s1. The molecule has 1 aromatic heterocycles. The third-order valence-corrected chi connectivity index (χ3v) is 5.81. The molecule has 0 bridgehead atoms. The minimum atomic E-state index is -0.455. The lowest BCUT2D eigenvalue weighted by Gasteiger charge is -2.30. The number of methoxy groups -OCH3 is 1. The average Bonchev–Trinajstić information content (AvgIpc) is 2.95. The van der Waals surface area contributed by atoms with Gasteiger partial charge in [0.15, 0.2) is 0 Å². The van der Waals surface area contributed by atoms with Crippen LogP contribution in [0.1, 0.15) is 64.0 Å². The van der Waals surface area contributed by atoms with Crippen LogP contribution in [0.5, 0.6) is 5.88 Å². The van der Waals surface area contributed by atoms with Gasteiger partial charge in [0.1, 0.15) is 11.6 Å². The first-order valence-corrected chi connectivity index (χ1v) is 9.75. The Morgan fingerprint density at radius 1 is 1.15 bits per heavy atom. The SMILES string of the molecule is COc1cc(-c2cc(F)c(CC(C)C)cc2[C@@H]2CCCC2(C)C)c(F)cn1. The van der Waals surface area contributed by atoms with E-state index in [9.17, 15) is 8.78 Å². The summed E-state index contributed by atoms with van der Waals surface area (Å²) in [5, 5.41) is 0. The minimum Gasteiger partial charge on any atom is -0.481 e. The largest absolute Gasteiger partial charge is 0.481 e. The van der Waals surface area contributed by atoms with Crippen molar-refractivity contribution in [1.29, 1.82) is 0 Å². The maximum Gasteiger partial charge on any atom is 0.213 e. The van der Waals surface area contributed by atoms with Gasteiger partial charge in [0.2, 0.25) is 5.88 Å². The summed E-state index contributed by atoms with van der Waals surface area (Å²) in [4.78, 5) is 3.93. The highest BCUT2D eigenvalue weighted by Crippen LogP contribution is 2.51. The van der Waals surface area contributed by atoms with E-state index in [1.807, 2.05) is 6.07 Å². The van der Waals surface area contributed by atoms with Crippen molar-refractivity contribution in [2.24, 2.45) is 11.3 Å².